The van der Waals surface area contributed by atoms with E-state index in [2.05, 4.69) is 72.8 Å². The number of carboxylic acids is 2. The van der Waals surface area contributed by atoms with E-state index in [9.17, 15) is 63.0 Å². The predicted octanol–water partition coefficient (Wildman–Crippen LogP) is -2.65. The smallest absolute Gasteiger partial charge is 0.326 e. The quantitative estimate of drug-likeness (QED) is 0.0184. The highest BCUT2D eigenvalue weighted by Gasteiger charge is 2.38. The highest BCUT2D eigenvalue weighted by atomic mass is 32.2. The fraction of sp³-hybridized carbons (Fsp3) is 0.564. The number of carboxylic acid groups (broad SMARTS) is 2. The van der Waals surface area contributed by atoms with Crippen molar-refractivity contribution in [2.24, 2.45) is 39.9 Å². The lowest BCUT2D eigenvalue weighted by molar-refractivity contribution is -0.143. The summed E-state index contributed by atoms with van der Waals surface area (Å²) in [6, 6.07) is -5.31. The molecule has 11 atom stereocenters. The Morgan fingerprint density at radius 1 is 0.733 bits per heavy atom. The molecule has 0 saturated carbocycles. The third-order valence-electron chi connectivity index (χ3n) is 13.9. The van der Waals surface area contributed by atoms with Crippen molar-refractivity contribution in [2.75, 3.05) is 18.1 Å². The topological polar surface area (TPSA) is 484 Å². The highest BCUT2D eigenvalue weighted by molar-refractivity contribution is 7.99. The van der Waals surface area contributed by atoms with Gasteiger partial charge in [-0.3, -0.25) is 52.9 Å². The van der Waals surface area contributed by atoms with Crippen LogP contribution in [0.1, 0.15) is 97.0 Å². The van der Waals surface area contributed by atoms with Crippen LogP contribution in [0.5, 0.6) is 0 Å². The van der Waals surface area contributed by atoms with Gasteiger partial charge in [-0.15, -0.1) is 0 Å². The molecule has 1 aliphatic rings. The molecule has 1 saturated heterocycles. The molecule has 0 radical (unpaired) electrons. The summed E-state index contributed by atoms with van der Waals surface area (Å²) in [6.07, 6.45) is 4.75. The number of guanidine groups is 1. The minimum absolute atomic E-state index is 0.0153. The minimum atomic E-state index is -1.53. The summed E-state index contributed by atoms with van der Waals surface area (Å²) < 4.78 is 0. The largest absolute Gasteiger partial charge is 0.481 e. The second kappa shape index (κ2) is 35.0. The third-order valence-corrected chi connectivity index (χ3v) is 15.0. The minimum Gasteiger partial charge on any atom is -0.481 e. The number of nitrogens with one attached hydrogen (secondary N) is 11. The van der Waals surface area contributed by atoms with Gasteiger partial charge in [-0.1, -0.05) is 78.3 Å². The van der Waals surface area contributed by atoms with Crippen molar-refractivity contribution >= 4 is 82.8 Å². The number of nitrogens with two attached hydrogens (primary N) is 3. The summed E-state index contributed by atoms with van der Waals surface area (Å²) in [7, 11) is 0. The maximum Gasteiger partial charge on any atom is 0.326 e. The first-order valence-electron chi connectivity index (χ1n) is 28.3. The van der Waals surface area contributed by atoms with E-state index in [0.29, 0.717) is 23.4 Å². The van der Waals surface area contributed by atoms with Gasteiger partial charge in [0.15, 0.2) is 5.96 Å². The lowest BCUT2D eigenvalue weighted by Crippen LogP contribution is -2.62. The molecule has 0 unspecified atom stereocenters. The van der Waals surface area contributed by atoms with Gasteiger partial charge in [0, 0.05) is 55.3 Å². The molecule has 0 spiro atoms. The first-order valence-corrected chi connectivity index (χ1v) is 29.5. The molecule has 3 aromatic rings. The first-order chi connectivity index (χ1) is 40.8. The van der Waals surface area contributed by atoms with E-state index in [-0.39, 0.29) is 74.9 Å². The van der Waals surface area contributed by atoms with Crippen molar-refractivity contribution in [2.45, 2.75) is 160 Å². The SMILES string of the molecule is CC[C@H](C)[C@@H]1NC(=O)[C@@H](NC(=O)[C@@H](NC(=O)[C@H](CCCN=C(N)N)NC(=O)[C@@H](N)CC(=O)O)C(C)C)CCSC[C@@H](C(=O)N[C@@H](Cc2ccccc2)C(=O)N[C@@H](Cc2cnc[nH]2)C(=O)N[C@@H](CC(C)C)C(=O)O)NC(=O)[C@H](Cc2cnc[nH]2)NC1=O. The summed E-state index contributed by atoms with van der Waals surface area (Å²) in [5.74, 6) is -12.0. The van der Waals surface area contributed by atoms with Crippen LogP contribution in [-0.4, -0.2) is 180 Å². The van der Waals surface area contributed by atoms with Crippen molar-refractivity contribution < 1.29 is 63.0 Å². The summed E-state index contributed by atoms with van der Waals surface area (Å²) in [4.78, 5) is 170. The Labute approximate surface area is 501 Å². The van der Waals surface area contributed by atoms with Gasteiger partial charge in [0.05, 0.1) is 25.1 Å². The average molecular weight is 1220 g/mol. The molecule has 1 aromatic carbocycles. The van der Waals surface area contributed by atoms with Crippen LogP contribution in [0.2, 0.25) is 0 Å². The van der Waals surface area contributed by atoms with Crippen LogP contribution in [0.3, 0.4) is 0 Å². The number of carbonyl (C=O) groups excluding carboxylic acids is 9. The molecule has 9 amide bonds. The number of nitrogens with zero attached hydrogens (tertiary/aromatic N) is 3. The maximum absolute atomic E-state index is 14.8. The zero-order valence-corrected chi connectivity index (χ0v) is 49.9. The Balaban J connectivity index is 1.70. The van der Waals surface area contributed by atoms with Crippen LogP contribution in [0.4, 0.5) is 0 Å². The molecular weight excluding hydrogens is 1140 g/mol. The normalized spacial score (nSPS) is 19.2. The Morgan fingerprint density at radius 3 is 1.93 bits per heavy atom. The fourth-order valence-electron chi connectivity index (χ4n) is 8.95. The molecule has 31 heteroatoms. The molecule has 0 aliphatic carbocycles. The van der Waals surface area contributed by atoms with Crippen molar-refractivity contribution in [3.8, 4) is 0 Å². The van der Waals surface area contributed by atoms with E-state index >= 15 is 0 Å². The predicted molar refractivity (Wildman–Crippen MR) is 316 cm³/mol. The number of carbonyl (C=O) groups is 11. The Bertz CT molecular complexity index is 2780. The van der Waals surface area contributed by atoms with Gasteiger partial charge in [0.25, 0.3) is 0 Å². The van der Waals surface area contributed by atoms with Gasteiger partial charge in [-0.2, -0.15) is 11.8 Å². The van der Waals surface area contributed by atoms with Crippen molar-refractivity contribution in [3.63, 3.8) is 0 Å². The van der Waals surface area contributed by atoms with Crippen LogP contribution < -0.4 is 65.1 Å². The zero-order valence-electron chi connectivity index (χ0n) is 49.1. The highest BCUT2D eigenvalue weighted by Crippen LogP contribution is 2.16. The van der Waals surface area contributed by atoms with E-state index in [0.717, 1.165) is 11.8 Å². The summed E-state index contributed by atoms with van der Waals surface area (Å²) in [6.45, 7) is 10.3. The number of imidazole rings is 2. The monoisotopic (exact) mass is 1220 g/mol. The number of H-pyrrole nitrogens is 2. The zero-order chi connectivity index (χ0) is 63.6. The molecule has 19 N–H and O–H groups in total. The Kier molecular flexibility index (Phi) is 28.4. The number of aliphatic carboxylic acids is 2. The molecule has 0 bridgehead atoms. The van der Waals surface area contributed by atoms with Crippen LogP contribution in [0, 0.1) is 17.8 Å². The molecule has 86 heavy (non-hydrogen) atoms. The number of rotatable bonds is 30. The van der Waals surface area contributed by atoms with E-state index in [1.54, 1.807) is 71.9 Å². The van der Waals surface area contributed by atoms with Crippen LogP contribution in [-0.2, 0) is 72.0 Å². The lowest BCUT2D eigenvalue weighted by atomic mass is 9.96. The molecule has 472 valence electrons. The molecule has 2 aromatic heterocycles. The van der Waals surface area contributed by atoms with Crippen molar-refractivity contribution in [3.05, 3.63) is 72.3 Å². The molecule has 3 heterocycles. The molecule has 1 fully saturated rings. The van der Waals surface area contributed by atoms with Gasteiger partial charge in [-0.25, -0.2) is 14.8 Å². The summed E-state index contributed by atoms with van der Waals surface area (Å²) in [5.41, 5.74) is 18.1. The van der Waals surface area contributed by atoms with Crippen molar-refractivity contribution in [1.82, 2.24) is 67.8 Å². The van der Waals surface area contributed by atoms with Gasteiger partial charge in [0.1, 0.15) is 54.4 Å². The third kappa shape index (κ3) is 23.4. The number of thioether (sulfide) groups is 1. The Hall–Kier alpha value is -8.61. The fourth-order valence-corrected chi connectivity index (χ4v) is 9.99. The van der Waals surface area contributed by atoms with E-state index in [1.165, 1.54) is 25.0 Å². The van der Waals surface area contributed by atoms with E-state index in [1.807, 2.05) is 0 Å². The second-order valence-corrected chi connectivity index (χ2v) is 22.9. The number of amides is 9. The maximum atomic E-state index is 14.8. The van der Waals surface area contributed by atoms with Gasteiger partial charge in [0.2, 0.25) is 53.2 Å². The van der Waals surface area contributed by atoms with Gasteiger partial charge >= 0.3 is 11.9 Å². The standard InChI is InChI=1S/C55H83N17O13S/c1-7-30(6)44-53(83)68-39(21-33-24-60-27-63-33)50(80)70-41(51(81)66-37(19-31-12-9-8-10-13-31)48(78)67-38(20-32-23-59-26-62-32)49(79)69-40(54(84)85)18-28(2)3)25-86-17-15-36(47(77)72-44)65-52(82)43(29(4)5)71-46(76)35(14-11-16-61-55(57)58)64-45(75)34(56)22-42(73)74/h8-10,12-13,23-24,26-30,34-41,43-44H,7,11,14-22,25,56H2,1-6H3,(H,59,62)(H,60,63)(H,64,75)(H,65,82)(H,66,81)(H,67,78)(H,68,83)(H,69,79)(H,70,80)(H,71,76)(H,72,77)(H,73,74)(H,84,85)(H4,57,58,61)/t30-,34-,35-,36-,37-,38-,39-,40-,41-,43-,44-/m0/s1. The number of hydrogen-bond acceptors (Lipinski definition) is 16. The number of benzene rings is 1. The number of aromatic nitrogens is 4. The summed E-state index contributed by atoms with van der Waals surface area (Å²) in [5, 5.41) is 43.2. The lowest BCUT2D eigenvalue weighted by Gasteiger charge is -2.31. The molecule has 30 nitrogen and oxygen atoms in total. The van der Waals surface area contributed by atoms with Crippen LogP contribution in [0.15, 0.2) is 60.4 Å². The molecule has 1 aliphatic heterocycles. The van der Waals surface area contributed by atoms with Crippen LogP contribution in [0.25, 0.3) is 0 Å². The van der Waals surface area contributed by atoms with Gasteiger partial charge in [-0.05, 0) is 54.8 Å². The summed E-state index contributed by atoms with van der Waals surface area (Å²) >= 11 is 1.09. The molecular formula is C55H83N17O13S. The number of aliphatic imine (C=N–C) groups is 1. The van der Waals surface area contributed by atoms with Gasteiger partial charge < -0.3 is 85.2 Å². The second-order valence-electron chi connectivity index (χ2n) is 21.8. The van der Waals surface area contributed by atoms with E-state index in [4.69, 9.17) is 17.2 Å². The number of hydrogen-bond donors (Lipinski definition) is 16. The van der Waals surface area contributed by atoms with Crippen molar-refractivity contribution in [1.29, 1.82) is 0 Å². The average Bonchev–Trinajstić information content (AvgIpc) is 3.43. The van der Waals surface area contributed by atoms with E-state index < -0.39 is 144 Å². The molecule has 4 rings (SSSR count). The Morgan fingerprint density at radius 2 is 1.35 bits per heavy atom. The first kappa shape index (κ1) is 69.9. The number of aromatic amines is 2. The van der Waals surface area contributed by atoms with Crippen LogP contribution >= 0.6 is 11.8 Å².